The van der Waals surface area contributed by atoms with E-state index in [0.717, 1.165) is 5.56 Å². The predicted octanol–water partition coefficient (Wildman–Crippen LogP) is 3.04. The minimum atomic E-state index is -3.73. The van der Waals surface area contributed by atoms with E-state index in [2.05, 4.69) is 4.72 Å². The number of para-hydroxylation sites is 1. The maximum atomic E-state index is 13.0. The summed E-state index contributed by atoms with van der Waals surface area (Å²) in [5.74, 6) is 1.72. The molecule has 26 heavy (non-hydrogen) atoms. The van der Waals surface area contributed by atoms with Crippen LogP contribution in [0.15, 0.2) is 47.4 Å². The third-order valence-electron chi connectivity index (χ3n) is 4.50. The maximum Gasteiger partial charge on any atom is 0.241 e. The molecule has 2 heterocycles. The topological polar surface area (TPSA) is 73.9 Å². The second kappa shape index (κ2) is 6.17. The molecule has 0 unspecified atom stereocenters. The van der Waals surface area contributed by atoms with Gasteiger partial charge in [0.2, 0.25) is 10.0 Å². The Hall–Kier alpha value is -2.25. The van der Waals surface area contributed by atoms with Crippen molar-refractivity contribution in [2.45, 2.75) is 36.8 Å². The van der Waals surface area contributed by atoms with Gasteiger partial charge in [0.25, 0.3) is 0 Å². The number of sulfonamides is 1. The predicted molar refractivity (Wildman–Crippen MR) is 96.3 cm³/mol. The lowest BCUT2D eigenvalue weighted by atomic mass is 9.90. The van der Waals surface area contributed by atoms with Crippen molar-refractivity contribution in [3.63, 3.8) is 0 Å². The van der Waals surface area contributed by atoms with E-state index in [1.165, 1.54) is 12.1 Å². The molecular formula is C19H21NO5S. The number of rotatable bonds is 3. The van der Waals surface area contributed by atoms with E-state index in [1.54, 1.807) is 6.07 Å². The highest BCUT2D eigenvalue weighted by molar-refractivity contribution is 7.89. The SMILES string of the molecule is CC1(C)C[C@H](NS(=O)(=O)c2ccc3c(c2)OCCO3)c2ccccc2O1. The summed E-state index contributed by atoms with van der Waals surface area (Å²) in [4.78, 5) is 0.156. The molecule has 1 atom stereocenters. The van der Waals surface area contributed by atoms with Crippen LogP contribution < -0.4 is 18.9 Å². The first-order valence-corrected chi connectivity index (χ1v) is 10.0. The third-order valence-corrected chi connectivity index (χ3v) is 5.97. The summed E-state index contributed by atoms with van der Waals surface area (Å²) in [5.41, 5.74) is 0.377. The Morgan fingerprint density at radius 2 is 1.73 bits per heavy atom. The average Bonchev–Trinajstić information content (AvgIpc) is 2.60. The smallest absolute Gasteiger partial charge is 0.241 e. The average molecular weight is 375 g/mol. The highest BCUT2D eigenvalue weighted by Gasteiger charge is 2.36. The van der Waals surface area contributed by atoms with E-state index in [4.69, 9.17) is 14.2 Å². The molecule has 0 saturated heterocycles. The van der Waals surface area contributed by atoms with Crippen LogP contribution in [0, 0.1) is 0 Å². The molecule has 0 fully saturated rings. The van der Waals surface area contributed by atoms with Crippen LogP contribution >= 0.6 is 0 Å². The first-order valence-electron chi connectivity index (χ1n) is 8.54. The highest BCUT2D eigenvalue weighted by atomic mass is 32.2. The van der Waals surface area contributed by atoms with Gasteiger partial charge in [-0.25, -0.2) is 13.1 Å². The second-order valence-corrected chi connectivity index (χ2v) is 8.80. The van der Waals surface area contributed by atoms with Crippen LogP contribution in [0.3, 0.4) is 0 Å². The third kappa shape index (κ3) is 3.24. The number of hydrogen-bond acceptors (Lipinski definition) is 5. The van der Waals surface area contributed by atoms with Gasteiger partial charge in [-0.3, -0.25) is 0 Å². The number of benzene rings is 2. The molecular weight excluding hydrogens is 354 g/mol. The lowest BCUT2D eigenvalue weighted by molar-refractivity contribution is 0.0702. The van der Waals surface area contributed by atoms with Crippen LogP contribution in [0.1, 0.15) is 31.9 Å². The van der Waals surface area contributed by atoms with Gasteiger partial charge in [0, 0.05) is 18.1 Å². The molecule has 0 amide bonds. The first kappa shape index (κ1) is 17.2. The molecule has 0 aromatic heterocycles. The highest BCUT2D eigenvalue weighted by Crippen LogP contribution is 2.40. The summed E-state index contributed by atoms with van der Waals surface area (Å²) in [6, 6.07) is 11.8. The van der Waals surface area contributed by atoms with Crippen molar-refractivity contribution in [1.82, 2.24) is 4.72 Å². The van der Waals surface area contributed by atoms with Crippen LogP contribution in [0.2, 0.25) is 0 Å². The minimum absolute atomic E-state index is 0.156. The lowest BCUT2D eigenvalue weighted by Crippen LogP contribution is -2.41. The number of ether oxygens (including phenoxy) is 3. The Balaban J connectivity index is 1.66. The van der Waals surface area contributed by atoms with Crippen LogP contribution in [0.5, 0.6) is 17.2 Å². The number of hydrogen-bond donors (Lipinski definition) is 1. The zero-order valence-corrected chi connectivity index (χ0v) is 15.5. The first-order chi connectivity index (χ1) is 12.3. The minimum Gasteiger partial charge on any atom is -0.487 e. The molecule has 2 aromatic rings. The second-order valence-electron chi connectivity index (χ2n) is 7.08. The fourth-order valence-electron chi connectivity index (χ4n) is 3.35. The van der Waals surface area contributed by atoms with Crippen LogP contribution in [-0.4, -0.2) is 27.2 Å². The molecule has 7 heteroatoms. The van der Waals surface area contributed by atoms with Crippen LogP contribution in [0.4, 0.5) is 0 Å². The van der Waals surface area contributed by atoms with Gasteiger partial charge in [-0.05, 0) is 32.0 Å². The van der Waals surface area contributed by atoms with Crippen molar-refractivity contribution in [2.75, 3.05) is 13.2 Å². The van der Waals surface area contributed by atoms with Gasteiger partial charge < -0.3 is 14.2 Å². The summed E-state index contributed by atoms with van der Waals surface area (Å²) in [5, 5.41) is 0. The standard InChI is InChI=1S/C19H21NO5S/c1-19(2)12-15(14-5-3-4-6-16(14)25-19)20-26(21,22)13-7-8-17-18(11-13)24-10-9-23-17/h3-8,11,15,20H,9-10,12H2,1-2H3/t15-/m0/s1. The van der Waals surface area contributed by atoms with Gasteiger partial charge in [0.05, 0.1) is 10.9 Å². The van der Waals surface area contributed by atoms with Crippen LogP contribution in [-0.2, 0) is 10.0 Å². The molecule has 2 aromatic carbocycles. The molecule has 0 bridgehead atoms. The fourth-order valence-corrected chi connectivity index (χ4v) is 4.58. The van der Waals surface area contributed by atoms with Crippen LogP contribution in [0.25, 0.3) is 0 Å². The van der Waals surface area contributed by atoms with E-state index >= 15 is 0 Å². The summed E-state index contributed by atoms with van der Waals surface area (Å²) in [6.07, 6.45) is 0.536. The van der Waals surface area contributed by atoms with E-state index in [9.17, 15) is 8.42 Å². The van der Waals surface area contributed by atoms with Crippen molar-refractivity contribution >= 4 is 10.0 Å². The molecule has 4 rings (SSSR count). The van der Waals surface area contributed by atoms with Crippen molar-refractivity contribution in [1.29, 1.82) is 0 Å². The molecule has 0 spiro atoms. The van der Waals surface area contributed by atoms with Gasteiger partial charge in [0.15, 0.2) is 11.5 Å². The van der Waals surface area contributed by atoms with Gasteiger partial charge in [-0.1, -0.05) is 18.2 Å². The Morgan fingerprint density at radius 3 is 2.54 bits per heavy atom. The molecule has 0 saturated carbocycles. The molecule has 0 radical (unpaired) electrons. The van der Waals surface area contributed by atoms with E-state index in [0.29, 0.717) is 36.9 Å². The summed E-state index contributed by atoms with van der Waals surface area (Å²) < 4.78 is 45.7. The Morgan fingerprint density at radius 1 is 1.00 bits per heavy atom. The fraction of sp³-hybridized carbons (Fsp3) is 0.368. The van der Waals surface area contributed by atoms with Gasteiger partial charge >= 0.3 is 0 Å². The molecule has 6 nitrogen and oxygen atoms in total. The Bertz CT molecular complexity index is 939. The monoisotopic (exact) mass is 375 g/mol. The molecule has 138 valence electrons. The quantitative estimate of drug-likeness (QED) is 0.893. The number of nitrogens with one attached hydrogen (secondary N) is 1. The zero-order chi connectivity index (χ0) is 18.4. The zero-order valence-electron chi connectivity index (χ0n) is 14.7. The summed E-state index contributed by atoms with van der Waals surface area (Å²) >= 11 is 0. The van der Waals surface area contributed by atoms with E-state index in [-0.39, 0.29) is 10.9 Å². The van der Waals surface area contributed by atoms with Gasteiger partial charge in [-0.15, -0.1) is 0 Å². The van der Waals surface area contributed by atoms with E-state index < -0.39 is 15.6 Å². The largest absolute Gasteiger partial charge is 0.487 e. The summed E-state index contributed by atoms with van der Waals surface area (Å²) in [7, 11) is -3.73. The van der Waals surface area contributed by atoms with Crippen molar-refractivity contribution in [3.05, 3.63) is 48.0 Å². The van der Waals surface area contributed by atoms with Gasteiger partial charge in [-0.2, -0.15) is 0 Å². The van der Waals surface area contributed by atoms with Gasteiger partial charge in [0.1, 0.15) is 24.6 Å². The molecule has 2 aliphatic rings. The van der Waals surface area contributed by atoms with Crippen molar-refractivity contribution < 1.29 is 22.6 Å². The Labute approximate surface area is 153 Å². The lowest BCUT2D eigenvalue weighted by Gasteiger charge is -2.37. The molecule has 1 N–H and O–H groups in total. The normalized spacial score (nSPS) is 20.8. The van der Waals surface area contributed by atoms with Crippen molar-refractivity contribution in [3.8, 4) is 17.2 Å². The Kier molecular flexibility index (Phi) is 4.08. The van der Waals surface area contributed by atoms with Crippen molar-refractivity contribution in [2.24, 2.45) is 0 Å². The molecule has 0 aliphatic carbocycles. The maximum absolute atomic E-state index is 13.0. The number of fused-ring (bicyclic) bond motifs is 2. The molecule has 2 aliphatic heterocycles. The summed E-state index contributed by atoms with van der Waals surface area (Å²) in [6.45, 7) is 4.78. The van der Waals surface area contributed by atoms with E-state index in [1.807, 2.05) is 38.1 Å².